The fourth-order valence-corrected chi connectivity index (χ4v) is 8.03. The van der Waals surface area contributed by atoms with Crippen molar-refractivity contribution in [3.8, 4) is 45.3 Å². The summed E-state index contributed by atoms with van der Waals surface area (Å²) in [6.07, 6.45) is 6.43. The van der Waals surface area contributed by atoms with Crippen molar-refractivity contribution in [1.29, 1.82) is 0 Å². The highest BCUT2D eigenvalue weighted by Crippen LogP contribution is 2.43. The van der Waals surface area contributed by atoms with Crippen molar-refractivity contribution in [2.24, 2.45) is 0 Å². The molecule has 0 saturated carbocycles. The first kappa shape index (κ1) is 28.9. The predicted molar refractivity (Wildman–Crippen MR) is 211 cm³/mol. The number of hydrogen-bond acceptors (Lipinski definition) is 5. The number of allylic oxidation sites excluding steroid dienone is 1. The zero-order valence-electron chi connectivity index (χ0n) is 28.0. The molecule has 0 fully saturated rings. The van der Waals surface area contributed by atoms with Gasteiger partial charge in [0.15, 0.2) is 17.5 Å². The van der Waals surface area contributed by atoms with Gasteiger partial charge in [0.25, 0.3) is 0 Å². The topological polar surface area (TPSA) is 65.0 Å². The van der Waals surface area contributed by atoms with E-state index in [1.807, 2.05) is 48.5 Å². The average Bonchev–Trinajstić information content (AvgIpc) is 3.79. The zero-order valence-corrected chi connectivity index (χ0v) is 28.0. The molecule has 0 atom stereocenters. The molecule has 0 radical (unpaired) electrons. The van der Waals surface area contributed by atoms with E-state index < -0.39 is 0 Å². The van der Waals surface area contributed by atoms with Crippen LogP contribution in [0.4, 0.5) is 0 Å². The lowest BCUT2D eigenvalue weighted by Gasteiger charge is -2.18. The molecule has 52 heavy (non-hydrogen) atoms. The summed E-state index contributed by atoms with van der Waals surface area (Å²) in [7, 11) is 0. The van der Waals surface area contributed by atoms with E-state index in [0.717, 1.165) is 84.5 Å². The van der Waals surface area contributed by atoms with Crippen molar-refractivity contribution >= 4 is 60.7 Å². The van der Waals surface area contributed by atoms with Crippen molar-refractivity contribution < 1.29 is 8.83 Å². The standard InChI is InChI=1S/C47H29N3O2/c1-2-12-28(13-3-1)45-48-46(50-47(49-45)38-27-29-14-4-5-15-31(29)33-16-6-7-17-34(33)38)36-20-11-23-42-44(36)43-32(19-10-22-41(43)52-42)30-24-25-40-37(26-30)35-18-8-9-21-39(35)51-40/h1-6,8-16,18-27H,7,17H2. The summed E-state index contributed by atoms with van der Waals surface area (Å²) in [6.45, 7) is 0. The van der Waals surface area contributed by atoms with Gasteiger partial charge >= 0.3 is 0 Å². The molecule has 5 heteroatoms. The van der Waals surface area contributed by atoms with E-state index in [2.05, 4.69) is 103 Å². The average molecular weight is 668 g/mol. The molecule has 11 rings (SSSR count). The summed E-state index contributed by atoms with van der Waals surface area (Å²) in [4.78, 5) is 15.7. The molecule has 0 spiro atoms. The number of hydrogen-bond donors (Lipinski definition) is 0. The Hall–Kier alpha value is -6.85. The lowest BCUT2D eigenvalue weighted by atomic mass is 9.88. The molecule has 244 valence electrons. The Kier molecular flexibility index (Phi) is 6.31. The monoisotopic (exact) mass is 667 g/mol. The minimum Gasteiger partial charge on any atom is -0.456 e. The molecule has 0 saturated heterocycles. The third kappa shape index (κ3) is 4.46. The molecule has 3 aromatic heterocycles. The molecular weight excluding hydrogens is 639 g/mol. The molecular formula is C47H29N3O2. The Morgan fingerprint density at radius 1 is 0.442 bits per heavy atom. The highest BCUT2D eigenvalue weighted by molar-refractivity contribution is 6.18. The lowest BCUT2D eigenvalue weighted by Crippen LogP contribution is -2.05. The summed E-state index contributed by atoms with van der Waals surface area (Å²) in [5, 5.41) is 6.60. The van der Waals surface area contributed by atoms with Crippen LogP contribution in [-0.4, -0.2) is 15.0 Å². The van der Waals surface area contributed by atoms with Crippen molar-refractivity contribution in [2.45, 2.75) is 12.8 Å². The summed E-state index contributed by atoms with van der Waals surface area (Å²) < 4.78 is 12.7. The highest BCUT2D eigenvalue weighted by atomic mass is 16.3. The van der Waals surface area contributed by atoms with E-state index in [9.17, 15) is 0 Å². The molecule has 1 aliphatic rings. The largest absolute Gasteiger partial charge is 0.456 e. The number of para-hydroxylation sites is 1. The molecule has 0 amide bonds. The van der Waals surface area contributed by atoms with Crippen LogP contribution in [0.5, 0.6) is 0 Å². The number of rotatable bonds is 4. The number of nitrogens with zero attached hydrogens (tertiary/aromatic N) is 3. The Bertz CT molecular complexity index is 3080. The van der Waals surface area contributed by atoms with Crippen LogP contribution in [0.2, 0.25) is 0 Å². The molecule has 7 aromatic carbocycles. The second-order valence-electron chi connectivity index (χ2n) is 13.4. The molecule has 0 bridgehead atoms. The maximum absolute atomic E-state index is 6.57. The number of fused-ring (bicyclic) bond motifs is 9. The van der Waals surface area contributed by atoms with Crippen LogP contribution in [-0.2, 0) is 6.42 Å². The van der Waals surface area contributed by atoms with Gasteiger partial charge in [-0.05, 0) is 82.3 Å². The van der Waals surface area contributed by atoms with E-state index in [0.29, 0.717) is 17.5 Å². The summed E-state index contributed by atoms with van der Waals surface area (Å²) in [6, 6.07) is 48.1. The normalized spacial score (nSPS) is 12.8. The minimum absolute atomic E-state index is 0.608. The van der Waals surface area contributed by atoms with Crippen LogP contribution in [0.1, 0.15) is 17.5 Å². The SMILES string of the molecule is C1=Cc2c(c(-c3nc(-c4ccccc4)nc(-c4cccc5oc6cccc(-c7ccc8oc9ccccc9c8c7)c6c45)n3)cc3ccccc23)CC1. The molecule has 0 aliphatic heterocycles. The summed E-state index contributed by atoms with van der Waals surface area (Å²) in [5.74, 6) is 1.91. The first-order chi connectivity index (χ1) is 25.8. The predicted octanol–water partition coefficient (Wildman–Crippen LogP) is 12.5. The fourth-order valence-electron chi connectivity index (χ4n) is 8.03. The molecule has 0 N–H and O–H groups in total. The molecule has 0 unspecified atom stereocenters. The Morgan fingerprint density at radius 2 is 1.10 bits per heavy atom. The second kappa shape index (κ2) is 11.3. The quantitative estimate of drug-likeness (QED) is 0.187. The maximum Gasteiger partial charge on any atom is 0.164 e. The fraction of sp³-hybridized carbons (Fsp3) is 0.0426. The van der Waals surface area contributed by atoms with Crippen LogP contribution in [0.3, 0.4) is 0 Å². The van der Waals surface area contributed by atoms with Gasteiger partial charge in [-0.3, -0.25) is 0 Å². The van der Waals surface area contributed by atoms with E-state index >= 15 is 0 Å². The van der Waals surface area contributed by atoms with E-state index in [1.54, 1.807) is 0 Å². The zero-order chi connectivity index (χ0) is 34.2. The smallest absolute Gasteiger partial charge is 0.164 e. The third-order valence-corrected chi connectivity index (χ3v) is 10.4. The van der Waals surface area contributed by atoms with Gasteiger partial charge < -0.3 is 8.83 Å². The first-order valence-electron chi connectivity index (χ1n) is 17.7. The molecule has 1 aliphatic carbocycles. The van der Waals surface area contributed by atoms with E-state index in [1.165, 1.54) is 21.9 Å². The number of benzene rings is 7. The van der Waals surface area contributed by atoms with Gasteiger partial charge in [0.1, 0.15) is 22.3 Å². The van der Waals surface area contributed by atoms with Crippen molar-refractivity contribution in [3.63, 3.8) is 0 Å². The Morgan fingerprint density at radius 3 is 1.96 bits per heavy atom. The molecule has 3 heterocycles. The van der Waals surface area contributed by atoms with Crippen molar-refractivity contribution in [2.75, 3.05) is 0 Å². The molecule has 5 nitrogen and oxygen atoms in total. The number of furan rings is 2. The lowest BCUT2D eigenvalue weighted by molar-refractivity contribution is 0.669. The minimum atomic E-state index is 0.608. The van der Waals surface area contributed by atoms with E-state index in [4.69, 9.17) is 23.8 Å². The molecule has 10 aromatic rings. The third-order valence-electron chi connectivity index (χ3n) is 10.4. The summed E-state index contributed by atoms with van der Waals surface area (Å²) in [5.41, 5.74) is 10.9. The number of aromatic nitrogens is 3. The van der Waals surface area contributed by atoms with Gasteiger partial charge in [0.05, 0.1) is 0 Å². The highest BCUT2D eigenvalue weighted by Gasteiger charge is 2.23. The van der Waals surface area contributed by atoms with Gasteiger partial charge in [0, 0.05) is 38.2 Å². The Labute approximate surface area is 298 Å². The first-order valence-corrected chi connectivity index (χ1v) is 17.7. The van der Waals surface area contributed by atoms with Crippen molar-refractivity contribution in [1.82, 2.24) is 15.0 Å². The van der Waals surface area contributed by atoms with Crippen LogP contribution in [0.15, 0.2) is 154 Å². The van der Waals surface area contributed by atoms with Crippen LogP contribution in [0, 0.1) is 0 Å². The summed E-state index contributed by atoms with van der Waals surface area (Å²) >= 11 is 0. The van der Waals surface area contributed by atoms with E-state index in [-0.39, 0.29) is 0 Å². The van der Waals surface area contributed by atoms with Gasteiger partial charge in [-0.15, -0.1) is 0 Å². The van der Waals surface area contributed by atoms with Gasteiger partial charge in [0.2, 0.25) is 0 Å². The van der Waals surface area contributed by atoms with Gasteiger partial charge in [-0.1, -0.05) is 115 Å². The Balaban J connectivity index is 1.18. The maximum atomic E-state index is 6.57. The van der Waals surface area contributed by atoms with Gasteiger partial charge in [-0.25, -0.2) is 15.0 Å². The van der Waals surface area contributed by atoms with Crippen LogP contribution >= 0.6 is 0 Å². The second-order valence-corrected chi connectivity index (χ2v) is 13.4. The van der Waals surface area contributed by atoms with Gasteiger partial charge in [-0.2, -0.15) is 0 Å². The van der Waals surface area contributed by atoms with Crippen LogP contribution < -0.4 is 0 Å². The van der Waals surface area contributed by atoms with Crippen molar-refractivity contribution in [3.05, 3.63) is 157 Å². The van der Waals surface area contributed by atoms with Crippen LogP contribution in [0.25, 0.3) is 106 Å².